The van der Waals surface area contributed by atoms with Crippen molar-refractivity contribution in [3.63, 3.8) is 0 Å². The van der Waals surface area contributed by atoms with Crippen molar-refractivity contribution in [1.29, 1.82) is 0 Å². The van der Waals surface area contributed by atoms with Gasteiger partial charge in [0.1, 0.15) is 12.8 Å². The Hall–Kier alpha value is -2.49. The van der Waals surface area contributed by atoms with E-state index in [0.29, 0.717) is 5.06 Å². The number of amides is 2. The second kappa shape index (κ2) is 5.65. The molecule has 9 nitrogen and oxygen atoms in total. The molecule has 0 unspecified atom stereocenters. The average Bonchev–Trinajstić information content (AvgIpc) is 2.96. The van der Waals surface area contributed by atoms with E-state index in [9.17, 15) is 14.4 Å². The number of hydroxylamine groups is 2. The maximum Gasteiger partial charge on any atom is 0.387 e. The highest BCUT2D eigenvalue weighted by Gasteiger charge is 2.34. The van der Waals surface area contributed by atoms with Gasteiger partial charge in [0.25, 0.3) is 11.8 Å². The van der Waals surface area contributed by atoms with Gasteiger partial charge in [-0.1, -0.05) is 5.16 Å². The van der Waals surface area contributed by atoms with Gasteiger partial charge in [0.2, 0.25) is 5.71 Å². The lowest BCUT2D eigenvalue weighted by atomic mass is 10.3. The average molecular weight is 298 g/mol. The van der Waals surface area contributed by atoms with Crippen LogP contribution in [0.4, 0.5) is 5.13 Å². The number of aromatic nitrogens is 1. The van der Waals surface area contributed by atoms with Gasteiger partial charge in [-0.25, -0.2) is 9.78 Å². The number of nitrogen functional groups attached to an aromatic ring is 1. The molecule has 1 aromatic heterocycles. The van der Waals surface area contributed by atoms with Gasteiger partial charge < -0.3 is 15.4 Å². The van der Waals surface area contributed by atoms with E-state index in [2.05, 4.69) is 15.0 Å². The lowest BCUT2D eigenvalue weighted by molar-refractivity contribution is -0.192. The summed E-state index contributed by atoms with van der Waals surface area (Å²) in [5, 5.41) is 5.60. The lowest BCUT2D eigenvalue weighted by Gasteiger charge is -2.12. The number of hydrogen-bond donors (Lipinski definition) is 1. The van der Waals surface area contributed by atoms with Crippen molar-refractivity contribution in [3.05, 3.63) is 11.1 Å². The van der Waals surface area contributed by atoms with Crippen LogP contribution in [0, 0.1) is 0 Å². The highest BCUT2D eigenvalue weighted by Crippen LogP contribution is 2.16. The standard InChI is InChI=1S/C10H10N4O5S/c1-18-13-8(5-4-20-10(11)12-5)9(17)19-14-6(15)2-3-7(14)16/h4H,2-3H2,1H3,(H2,11,12). The molecule has 0 spiro atoms. The Kier molecular flexibility index (Phi) is 3.94. The number of oxime groups is 1. The normalized spacial score (nSPS) is 15.7. The molecule has 0 bridgehead atoms. The molecule has 2 heterocycles. The van der Waals surface area contributed by atoms with Crippen molar-refractivity contribution in [2.75, 3.05) is 12.8 Å². The molecule has 1 aromatic rings. The molecule has 2 amide bonds. The predicted octanol–water partition coefficient (Wildman–Crippen LogP) is -0.317. The lowest BCUT2D eigenvalue weighted by Crippen LogP contribution is -2.35. The Bertz CT molecular complexity index is 580. The molecule has 1 saturated heterocycles. The fraction of sp³-hybridized carbons (Fsp3) is 0.300. The maximum absolute atomic E-state index is 11.9. The number of hydrogen-bond acceptors (Lipinski definition) is 9. The van der Waals surface area contributed by atoms with E-state index in [0.717, 1.165) is 11.3 Å². The van der Waals surface area contributed by atoms with Crippen molar-refractivity contribution in [1.82, 2.24) is 10.0 Å². The molecule has 1 aliphatic heterocycles. The molecule has 10 heteroatoms. The zero-order valence-corrected chi connectivity index (χ0v) is 11.2. The van der Waals surface area contributed by atoms with Crippen LogP contribution in [0.3, 0.4) is 0 Å². The topological polar surface area (TPSA) is 124 Å². The van der Waals surface area contributed by atoms with Gasteiger partial charge in [0, 0.05) is 18.2 Å². The second-order valence-corrected chi connectivity index (χ2v) is 4.54. The van der Waals surface area contributed by atoms with Crippen molar-refractivity contribution >= 4 is 40.0 Å². The van der Waals surface area contributed by atoms with E-state index >= 15 is 0 Å². The van der Waals surface area contributed by atoms with E-state index in [1.807, 2.05) is 0 Å². The summed E-state index contributed by atoms with van der Waals surface area (Å²) >= 11 is 1.09. The summed E-state index contributed by atoms with van der Waals surface area (Å²) in [4.78, 5) is 47.8. The van der Waals surface area contributed by atoms with Crippen molar-refractivity contribution in [3.8, 4) is 0 Å². The summed E-state index contributed by atoms with van der Waals surface area (Å²) in [5.41, 5.74) is 5.31. The van der Waals surface area contributed by atoms with Crippen molar-refractivity contribution < 1.29 is 24.1 Å². The third-order valence-electron chi connectivity index (χ3n) is 2.32. The van der Waals surface area contributed by atoms with Crippen LogP contribution in [-0.4, -0.2) is 40.7 Å². The van der Waals surface area contributed by atoms with Crippen LogP contribution in [-0.2, 0) is 24.1 Å². The van der Waals surface area contributed by atoms with Crippen molar-refractivity contribution in [2.45, 2.75) is 12.8 Å². The quantitative estimate of drug-likeness (QED) is 0.459. The van der Waals surface area contributed by atoms with E-state index in [1.54, 1.807) is 0 Å². The minimum absolute atomic E-state index is 0.00646. The summed E-state index contributed by atoms with van der Waals surface area (Å²) in [6, 6.07) is 0. The first kappa shape index (κ1) is 13.9. The number of nitrogens with two attached hydrogens (primary N) is 1. The van der Waals surface area contributed by atoms with E-state index in [1.165, 1.54) is 12.5 Å². The number of thiazole rings is 1. The predicted molar refractivity (Wildman–Crippen MR) is 67.3 cm³/mol. The molecular formula is C10H10N4O5S. The van der Waals surface area contributed by atoms with Gasteiger partial charge in [-0.2, -0.15) is 0 Å². The molecule has 0 radical (unpaired) electrons. The first-order chi connectivity index (χ1) is 9.52. The highest BCUT2D eigenvalue weighted by atomic mass is 32.1. The summed E-state index contributed by atoms with van der Waals surface area (Å²) in [7, 11) is 1.23. The highest BCUT2D eigenvalue weighted by molar-refractivity contribution is 7.13. The number of nitrogens with zero attached hydrogens (tertiary/aromatic N) is 3. The Morgan fingerprint density at radius 3 is 2.60 bits per heavy atom. The van der Waals surface area contributed by atoms with Gasteiger partial charge in [0.15, 0.2) is 5.13 Å². The summed E-state index contributed by atoms with van der Waals surface area (Å²) in [6.45, 7) is 0. The SMILES string of the molecule is CON=C(C(=O)ON1C(=O)CCC1=O)c1csc(N)n1. The van der Waals surface area contributed by atoms with Crippen molar-refractivity contribution in [2.24, 2.45) is 5.16 Å². The van der Waals surface area contributed by atoms with Crippen LogP contribution in [0.1, 0.15) is 18.5 Å². The molecule has 2 rings (SSSR count). The molecule has 106 valence electrons. The molecule has 0 saturated carbocycles. The molecular weight excluding hydrogens is 288 g/mol. The molecule has 1 aliphatic rings. The monoisotopic (exact) mass is 298 g/mol. The van der Waals surface area contributed by atoms with Crippen LogP contribution in [0.15, 0.2) is 10.5 Å². The molecule has 0 atom stereocenters. The number of anilines is 1. The fourth-order valence-electron chi connectivity index (χ4n) is 1.46. The molecule has 0 aromatic carbocycles. The largest absolute Gasteiger partial charge is 0.398 e. The third-order valence-corrected chi connectivity index (χ3v) is 2.99. The second-order valence-electron chi connectivity index (χ2n) is 3.65. The fourth-order valence-corrected chi connectivity index (χ4v) is 2.01. The molecule has 1 fully saturated rings. The van der Waals surface area contributed by atoms with Gasteiger partial charge in [-0.15, -0.1) is 16.4 Å². The smallest absolute Gasteiger partial charge is 0.387 e. The maximum atomic E-state index is 11.9. The van der Waals surface area contributed by atoms with Gasteiger partial charge in [-0.05, 0) is 0 Å². The molecule has 2 N–H and O–H groups in total. The summed E-state index contributed by atoms with van der Waals surface area (Å²) < 4.78 is 0. The van der Waals surface area contributed by atoms with Gasteiger partial charge in [-0.3, -0.25) is 9.59 Å². The number of rotatable bonds is 4. The molecule has 20 heavy (non-hydrogen) atoms. The zero-order valence-electron chi connectivity index (χ0n) is 10.4. The Morgan fingerprint density at radius 2 is 2.10 bits per heavy atom. The van der Waals surface area contributed by atoms with Crippen LogP contribution in [0.5, 0.6) is 0 Å². The zero-order chi connectivity index (χ0) is 14.7. The Balaban J connectivity index is 2.18. The van der Waals surface area contributed by atoms with E-state index in [-0.39, 0.29) is 29.4 Å². The first-order valence-corrected chi connectivity index (χ1v) is 6.31. The van der Waals surface area contributed by atoms with Crippen LogP contribution >= 0.6 is 11.3 Å². The summed E-state index contributed by atoms with van der Waals surface area (Å²) in [6.07, 6.45) is 0.0129. The first-order valence-electron chi connectivity index (χ1n) is 5.43. The number of carbonyl (C=O) groups excluding carboxylic acids is 3. The Labute approximate surface area is 116 Å². The minimum Gasteiger partial charge on any atom is -0.398 e. The van der Waals surface area contributed by atoms with E-state index in [4.69, 9.17) is 10.6 Å². The van der Waals surface area contributed by atoms with Crippen LogP contribution in [0.2, 0.25) is 0 Å². The van der Waals surface area contributed by atoms with Gasteiger partial charge >= 0.3 is 5.97 Å². The minimum atomic E-state index is -1.03. The van der Waals surface area contributed by atoms with Gasteiger partial charge in [0.05, 0.1) is 0 Å². The molecule has 0 aliphatic carbocycles. The third kappa shape index (κ3) is 2.74. The van der Waals surface area contributed by atoms with Crippen LogP contribution in [0.25, 0.3) is 0 Å². The Morgan fingerprint density at radius 1 is 1.45 bits per heavy atom. The van der Waals surface area contributed by atoms with Crippen LogP contribution < -0.4 is 5.73 Å². The number of imide groups is 1. The number of carbonyl (C=O) groups is 3. The van der Waals surface area contributed by atoms with E-state index < -0.39 is 17.8 Å². The summed E-state index contributed by atoms with van der Waals surface area (Å²) in [5.74, 6) is -2.20.